The predicted octanol–water partition coefficient (Wildman–Crippen LogP) is 1.79. The monoisotopic (exact) mass is 285 g/mol. The van der Waals surface area contributed by atoms with Gasteiger partial charge in [-0.3, -0.25) is 4.90 Å². The van der Waals surface area contributed by atoms with Crippen molar-refractivity contribution in [3.8, 4) is 0 Å². The zero-order chi connectivity index (χ0) is 15.2. The van der Waals surface area contributed by atoms with Gasteiger partial charge < -0.3 is 15.4 Å². The summed E-state index contributed by atoms with van der Waals surface area (Å²) in [6.07, 6.45) is 5.13. The van der Waals surface area contributed by atoms with Crippen molar-refractivity contribution in [2.75, 3.05) is 47.4 Å². The molecule has 1 fully saturated rings. The van der Waals surface area contributed by atoms with Crippen LogP contribution in [-0.2, 0) is 4.74 Å². The number of hydrogen-bond donors (Lipinski definition) is 1. The highest BCUT2D eigenvalue weighted by atomic mass is 16.5. The highest BCUT2D eigenvalue weighted by Crippen LogP contribution is 2.35. The Labute approximate surface area is 125 Å². The third-order valence-corrected chi connectivity index (χ3v) is 4.60. The van der Waals surface area contributed by atoms with Gasteiger partial charge in [0.25, 0.3) is 0 Å². The number of ether oxygens (including phenoxy) is 1. The van der Waals surface area contributed by atoms with E-state index in [0.29, 0.717) is 12.5 Å². The molecule has 0 heterocycles. The Balaban J connectivity index is 2.91. The largest absolute Gasteiger partial charge is 0.379 e. The fourth-order valence-electron chi connectivity index (χ4n) is 3.51. The van der Waals surface area contributed by atoms with Gasteiger partial charge in [0.2, 0.25) is 0 Å². The Bertz CT molecular complexity index is 270. The Morgan fingerprint density at radius 3 is 2.45 bits per heavy atom. The molecule has 1 rings (SSSR count). The third-order valence-electron chi connectivity index (χ3n) is 4.60. The number of rotatable bonds is 8. The zero-order valence-electron chi connectivity index (χ0n) is 14.2. The van der Waals surface area contributed by atoms with Crippen LogP contribution in [0.2, 0.25) is 0 Å². The predicted molar refractivity (Wildman–Crippen MR) is 86.0 cm³/mol. The summed E-state index contributed by atoms with van der Waals surface area (Å²) in [6, 6.07) is 0. The van der Waals surface area contributed by atoms with E-state index in [9.17, 15) is 0 Å². The van der Waals surface area contributed by atoms with Crippen molar-refractivity contribution >= 4 is 0 Å². The Morgan fingerprint density at radius 2 is 1.95 bits per heavy atom. The molecule has 0 saturated heterocycles. The van der Waals surface area contributed by atoms with E-state index >= 15 is 0 Å². The molecule has 0 radical (unpaired) electrons. The normalized spacial score (nSPS) is 27.8. The molecule has 0 bridgehead atoms. The van der Waals surface area contributed by atoms with E-state index in [1.54, 1.807) is 0 Å². The second-order valence-electron chi connectivity index (χ2n) is 6.92. The minimum Gasteiger partial charge on any atom is -0.379 e. The molecule has 0 spiro atoms. The topological polar surface area (TPSA) is 41.7 Å². The molecule has 1 aliphatic rings. The van der Waals surface area contributed by atoms with Gasteiger partial charge in [-0.1, -0.05) is 26.7 Å². The van der Waals surface area contributed by atoms with Gasteiger partial charge >= 0.3 is 0 Å². The van der Waals surface area contributed by atoms with Crippen LogP contribution in [0, 0.1) is 5.92 Å². The zero-order valence-corrected chi connectivity index (χ0v) is 14.2. The van der Waals surface area contributed by atoms with Crippen molar-refractivity contribution in [2.24, 2.45) is 11.7 Å². The van der Waals surface area contributed by atoms with E-state index in [1.807, 2.05) is 7.11 Å². The first-order valence-electron chi connectivity index (χ1n) is 8.09. The average Bonchev–Trinajstić information content (AvgIpc) is 2.42. The molecule has 0 aromatic rings. The van der Waals surface area contributed by atoms with Crippen molar-refractivity contribution in [3.63, 3.8) is 0 Å². The summed E-state index contributed by atoms with van der Waals surface area (Å²) < 4.78 is 5.83. The summed E-state index contributed by atoms with van der Waals surface area (Å²) in [5, 5.41) is 0. The first-order valence-corrected chi connectivity index (χ1v) is 8.09. The Hall–Kier alpha value is -0.160. The fraction of sp³-hybridized carbons (Fsp3) is 1.00. The second kappa shape index (κ2) is 8.32. The molecular weight excluding hydrogens is 250 g/mol. The van der Waals surface area contributed by atoms with Crippen LogP contribution in [0.1, 0.15) is 39.5 Å². The summed E-state index contributed by atoms with van der Waals surface area (Å²) in [5.41, 5.74) is 6.29. The van der Waals surface area contributed by atoms with Gasteiger partial charge in [-0.2, -0.15) is 0 Å². The summed E-state index contributed by atoms with van der Waals surface area (Å²) >= 11 is 0. The number of likely N-dealkylation sites (N-methyl/N-ethyl adjacent to an activating group) is 1. The molecule has 2 unspecified atom stereocenters. The summed E-state index contributed by atoms with van der Waals surface area (Å²) in [7, 11) is 6.12. The van der Waals surface area contributed by atoms with Gasteiger partial charge in [0.1, 0.15) is 0 Å². The minimum atomic E-state index is 0.0350. The van der Waals surface area contributed by atoms with Crippen LogP contribution < -0.4 is 5.73 Å². The van der Waals surface area contributed by atoms with Crippen LogP contribution in [0.15, 0.2) is 0 Å². The van der Waals surface area contributed by atoms with Gasteiger partial charge in [-0.25, -0.2) is 0 Å². The lowest BCUT2D eigenvalue weighted by atomic mass is 9.77. The standard InChI is InChI=1S/C16H35N3O/c1-14(2)12-19(11-10-18(3)4)16(13-17)9-7-6-8-15(16)20-5/h14-15H,6-13,17H2,1-5H3. The van der Waals surface area contributed by atoms with E-state index in [0.717, 1.165) is 26.1 Å². The summed E-state index contributed by atoms with van der Waals surface area (Å²) in [6.45, 7) is 8.53. The molecule has 2 N–H and O–H groups in total. The fourth-order valence-corrected chi connectivity index (χ4v) is 3.51. The first kappa shape index (κ1) is 17.9. The second-order valence-corrected chi connectivity index (χ2v) is 6.92. The smallest absolute Gasteiger partial charge is 0.0767 e. The highest BCUT2D eigenvalue weighted by molar-refractivity contribution is 5.01. The molecule has 1 saturated carbocycles. The van der Waals surface area contributed by atoms with Crippen LogP contribution in [-0.4, -0.2) is 68.8 Å². The molecule has 0 amide bonds. The Morgan fingerprint density at radius 1 is 1.25 bits per heavy atom. The lowest BCUT2D eigenvalue weighted by molar-refractivity contribution is -0.0802. The molecular formula is C16H35N3O. The van der Waals surface area contributed by atoms with Crippen LogP contribution >= 0.6 is 0 Å². The van der Waals surface area contributed by atoms with E-state index in [4.69, 9.17) is 10.5 Å². The molecule has 120 valence electrons. The molecule has 0 aromatic carbocycles. The lowest BCUT2D eigenvalue weighted by Crippen LogP contribution is -2.64. The van der Waals surface area contributed by atoms with E-state index < -0.39 is 0 Å². The van der Waals surface area contributed by atoms with Crippen LogP contribution in [0.4, 0.5) is 0 Å². The molecule has 2 atom stereocenters. The molecule has 20 heavy (non-hydrogen) atoms. The van der Waals surface area contributed by atoms with Crippen LogP contribution in [0.25, 0.3) is 0 Å². The van der Waals surface area contributed by atoms with Gasteiger partial charge in [0.05, 0.1) is 11.6 Å². The number of nitrogens with zero attached hydrogens (tertiary/aromatic N) is 2. The van der Waals surface area contributed by atoms with Crippen LogP contribution in [0.3, 0.4) is 0 Å². The maximum absolute atomic E-state index is 6.25. The van der Waals surface area contributed by atoms with E-state index in [-0.39, 0.29) is 11.6 Å². The number of nitrogens with two attached hydrogens (primary N) is 1. The van der Waals surface area contributed by atoms with Crippen molar-refractivity contribution in [3.05, 3.63) is 0 Å². The van der Waals surface area contributed by atoms with E-state index in [2.05, 4.69) is 37.7 Å². The van der Waals surface area contributed by atoms with Gasteiger partial charge in [0.15, 0.2) is 0 Å². The Kier molecular flexibility index (Phi) is 7.45. The number of methoxy groups -OCH3 is 1. The molecule has 0 aliphatic heterocycles. The van der Waals surface area contributed by atoms with E-state index in [1.165, 1.54) is 19.3 Å². The SMILES string of the molecule is COC1CCCCC1(CN)N(CCN(C)C)CC(C)C. The maximum atomic E-state index is 6.25. The van der Waals surface area contributed by atoms with Crippen molar-refractivity contribution in [2.45, 2.75) is 51.2 Å². The lowest BCUT2D eigenvalue weighted by Gasteiger charge is -2.51. The molecule has 1 aliphatic carbocycles. The van der Waals surface area contributed by atoms with Gasteiger partial charge in [0, 0.05) is 33.3 Å². The minimum absolute atomic E-state index is 0.0350. The first-order chi connectivity index (χ1) is 9.46. The molecule has 4 heteroatoms. The van der Waals surface area contributed by atoms with Gasteiger partial charge in [-0.15, -0.1) is 0 Å². The maximum Gasteiger partial charge on any atom is 0.0767 e. The average molecular weight is 285 g/mol. The highest BCUT2D eigenvalue weighted by Gasteiger charge is 2.44. The van der Waals surface area contributed by atoms with Crippen molar-refractivity contribution < 1.29 is 4.74 Å². The van der Waals surface area contributed by atoms with Crippen molar-refractivity contribution in [1.29, 1.82) is 0 Å². The summed E-state index contributed by atoms with van der Waals surface area (Å²) in [5.74, 6) is 0.653. The van der Waals surface area contributed by atoms with Gasteiger partial charge in [-0.05, 0) is 32.9 Å². The third kappa shape index (κ3) is 4.42. The number of hydrogen-bond acceptors (Lipinski definition) is 4. The quantitative estimate of drug-likeness (QED) is 0.738. The molecule has 4 nitrogen and oxygen atoms in total. The van der Waals surface area contributed by atoms with Crippen molar-refractivity contribution in [1.82, 2.24) is 9.80 Å². The molecule has 0 aromatic heterocycles. The summed E-state index contributed by atoms with van der Waals surface area (Å²) in [4.78, 5) is 4.87. The van der Waals surface area contributed by atoms with Crippen LogP contribution in [0.5, 0.6) is 0 Å².